The SMILES string of the molecule is Cc1ccc(OCC2CCOCC2)c(C#CCO)c1. The van der Waals surface area contributed by atoms with Gasteiger partial charge in [0.25, 0.3) is 0 Å². The van der Waals surface area contributed by atoms with Gasteiger partial charge in [0, 0.05) is 13.2 Å². The summed E-state index contributed by atoms with van der Waals surface area (Å²) < 4.78 is 11.2. The van der Waals surface area contributed by atoms with Gasteiger partial charge in [0.1, 0.15) is 12.4 Å². The molecular formula is C16H20O3. The maximum absolute atomic E-state index is 8.79. The highest BCUT2D eigenvalue weighted by molar-refractivity contribution is 5.48. The summed E-state index contributed by atoms with van der Waals surface area (Å²) in [6.07, 6.45) is 2.12. The van der Waals surface area contributed by atoms with Crippen LogP contribution in [0.4, 0.5) is 0 Å². The lowest BCUT2D eigenvalue weighted by atomic mass is 10.0. The average molecular weight is 260 g/mol. The molecule has 0 bridgehead atoms. The molecule has 0 aliphatic carbocycles. The minimum atomic E-state index is -0.132. The van der Waals surface area contributed by atoms with Gasteiger partial charge in [-0.15, -0.1) is 0 Å². The number of rotatable bonds is 3. The van der Waals surface area contributed by atoms with Gasteiger partial charge in [-0.25, -0.2) is 0 Å². The fourth-order valence-corrected chi connectivity index (χ4v) is 2.12. The standard InChI is InChI=1S/C16H20O3/c1-13-4-5-16(15(11-13)3-2-8-17)19-12-14-6-9-18-10-7-14/h4-5,11,14,17H,6-10,12H2,1H3. The van der Waals surface area contributed by atoms with Crippen molar-refractivity contribution in [2.45, 2.75) is 19.8 Å². The van der Waals surface area contributed by atoms with Crippen molar-refractivity contribution in [3.63, 3.8) is 0 Å². The van der Waals surface area contributed by atoms with Crippen LogP contribution in [-0.2, 0) is 4.74 Å². The van der Waals surface area contributed by atoms with Crippen molar-refractivity contribution in [2.75, 3.05) is 26.4 Å². The number of aliphatic hydroxyl groups excluding tert-OH is 1. The van der Waals surface area contributed by atoms with E-state index >= 15 is 0 Å². The van der Waals surface area contributed by atoms with Gasteiger partial charge < -0.3 is 14.6 Å². The molecule has 0 amide bonds. The van der Waals surface area contributed by atoms with Crippen LogP contribution in [0.3, 0.4) is 0 Å². The second-order valence-electron chi connectivity index (χ2n) is 4.83. The van der Waals surface area contributed by atoms with Crippen LogP contribution in [0.15, 0.2) is 18.2 Å². The summed E-state index contributed by atoms with van der Waals surface area (Å²) in [4.78, 5) is 0. The Bertz CT molecular complexity index is 465. The molecule has 1 N–H and O–H groups in total. The Morgan fingerprint density at radius 3 is 2.89 bits per heavy atom. The van der Waals surface area contributed by atoms with Crippen LogP contribution in [0.5, 0.6) is 5.75 Å². The summed E-state index contributed by atoms with van der Waals surface area (Å²) in [7, 11) is 0. The highest BCUT2D eigenvalue weighted by atomic mass is 16.5. The van der Waals surface area contributed by atoms with Crippen molar-refractivity contribution >= 4 is 0 Å². The lowest BCUT2D eigenvalue weighted by molar-refractivity contribution is 0.0497. The lowest BCUT2D eigenvalue weighted by Crippen LogP contribution is -2.21. The lowest BCUT2D eigenvalue weighted by Gasteiger charge is -2.22. The molecule has 0 spiro atoms. The smallest absolute Gasteiger partial charge is 0.134 e. The Hall–Kier alpha value is -1.50. The molecule has 0 radical (unpaired) electrons. The topological polar surface area (TPSA) is 38.7 Å². The predicted molar refractivity (Wildman–Crippen MR) is 74.2 cm³/mol. The molecule has 0 aromatic heterocycles. The number of aryl methyl sites for hydroxylation is 1. The summed E-state index contributed by atoms with van der Waals surface area (Å²) in [6, 6.07) is 5.96. The molecule has 1 heterocycles. The third kappa shape index (κ3) is 4.27. The van der Waals surface area contributed by atoms with Gasteiger partial charge in [-0.1, -0.05) is 17.9 Å². The van der Waals surface area contributed by atoms with E-state index in [-0.39, 0.29) is 6.61 Å². The Morgan fingerprint density at radius 1 is 1.37 bits per heavy atom. The molecule has 0 unspecified atom stereocenters. The third-order valence-electron chi connectivity index (χ3n) is 3.25. The number of aliphatic hydroxyl groups is 1. The number of ether oxygens (including phenoxy) is 2. The van der Waals surface area contributed by atoms with Crippen molar-refractivity contribution in [1.82, 2.24) is 0 Å². The van der Waals surface area contributed by atoms with Crippen LogP contribution in [0.2, 0.25) is 0 Å². The molecule has 19 heavy (non-hydrogen) atoms. The van der Waals surface area contributed by atoms with Gasteiger partial charge >= 0.3 is 0 Å². The monoisotopic (exact) mass is 260 g/mol. The molecule has 1 fully saturated rings. The summed E-state index contributed by atoms with van der Waals surface area (Å²) in [5.74, 6) is 6.98. The largest absolute Gasteiger partial charge is 0.492 e. The number of hydrogen-bond acceptors (Lipinski definition) is 3. The Balaban J connectivity index is 2.02. The van der Waals surface area contributed by atoms with E-state index in [1.54, 1.807) is 0 Å². The predicted octanol–water partition coefficient (Wildman–Crippen LogP) is 2.14. The fraction of sp³-hybridized carbons (Fsp3) is 0.500. The quantitative estimate of drug-likeness (QED) is 0.846. The highest BCUT2D eigenvalue weighted by Gasteiger charge is 2.15. The zero-order chi connectivity index (χ0) is 13.5. The van der Waals surface area contributed by atoms with Crippen LogP contribution < -0.4 is 4.74 Å². The second kappa shape index (κ2) is 7.18. The molecule has 3 heteroatoms. The van der Waals surface area contributed by atoms with Gasteiger partial charge in [-0.3, -0.25) is 0 Å². The van der Waals surface area contributed by atoms with E-state index in [9.17, 15) is 0 Å². The maximum Gasteiger partial charge on any atom is 0.134 e. The normalized spacial score (nSPS) is 15.7. The van der Waals surface area contributed by atoms with Gasteiger partial charge in [0.2, 0.25) is 0 Å². The zero-order valence-corrected chi connectivity index (χ0v) is 11.3. The Morgan fingerprint density at radius 2 is 2.16 bits per heavy atom. The maximum atomic E-state index is 8.79. The van der Waals surface area contributed by atoms with E-state index in [1.807, 2.05) is 25.1 Å². The first-order valence-corrected chi connectivity index (χ1v) is 6.70. The Kier molecular flexibility index (Phi) is 5.26. The molecule has 1 aromatic carbocycles. The van der Waals surface area contributed by atoms with Crippen LogP contribution in [0.1, 0.15) is 24.0 Å². The second-order valence-corrected chi connectivity index (χ2v) is 4.83. The van der Waals surface area contributed by atoms with Gasteiger partial charge in [0.15, 0.2) is 0 Å². The van der Waals surface area contributed by atoms with Gasteiger partial charge in [-0.2, -0.15) is 0 Å². The third-order valence-corrected chi connectivity index (χ3v) is 3.25. The number of benzene rings is 1. The van der Waals surface area contributed by atoms with E-state index in [0.29, 0.717) is 12.5 Å². The average Bonchev–Trinajstić information content (AvgIpc) is 2.45. The van der Waals surface area contributed by atoms with Crippen molar-refractivity contribution in [3.05, 3.63) is 29.3 Å². The van der Waals surface area contributed by atoms with Crippen LogP contribution >= 0.6 is 0 Å². The van der Waals surface area contributed by atoms with Crippen molar-refractivity contribution in [1.29, 1.82) is 0 Å². The van der Waals surface area contributed by atoms with Crippen molar-refractivity contribution in [3.8, 4) is 17.6 Å². The minimum Gasteiger partial charge on any atom is -0.492 e. The van der Waals surface area contributed by atoms with E-state index < -0.39 is 0 Å². The highest BCUT2D eigenvalue weighted by Crippen LogP contribution is 2.22. The summed E-state index contributed by atoms with van der Waals surface area (Å²) in [5.41, 5.74) is 1.99. The molecule has 0 saturated carbocycles. The molecular weight excluding hydrogens is 240 g/mol. The summed E-state index contributed by atoms with van der Waals surface area (Å²) in [6.45, 7) is 4.26. The molecule has 2 rings (SSSR count). The molecule has 1 aliphatic rings. The van der Waals surface area contributed by atoms with E-state index in [2.05, 4.69) is 11.8 Å². The van der Waals surface area contributed by atoms with Crippen LogP contribution in [-0.4, -0.2) is 31.5 Å². The molecule has 0 atom stereocenters. The molecule has 1 saturated heterocycles. The van der Waals surface area contributed by atoms with Crippen molar-refractivity contribution in [2.24, 2.45) is 5.92 Å². The zero-order valence-electron chi connectivity index (χ0n) is 11.3. The molecule has 1 aliphatic heterocycles. The van der Waals surface area contributed by atoms with Crippen LogP contribution in [0.25, 0.3) is 0 Å². The van der Waals surface area contributed by atoms with E-state index in [0.717, 1.165) is 42.9 Å². The molecule has 3 nitrogen and oxygen atoms in total. The number of hydrogen-bond donors (Lipinski definition) is 1. The van der Waals surface area contributed by atoms with E-state index in [4.69, 9.17) is 14.6 Å². The fourth-order valence-electron chi connectivity index (χ4n) is 2.12. The van der Waals surface area contributed by atoms with Crippen LogP contribution in [0, 0.1) is 24.7 Å². The summed E-state index contributed by atoms with van der Waals surface area (Å²) in [5, 5.41) is 8.79. The first-order valence-electron chi connectivity index (χ1n) is 6.70. The molecule has 1 aromatic rings. The van der Waals surface area contributed by atoms with E-state index in [1.165, 1.54) is 0 Å². The first kappa shape index (κ1) is 13.9. The molecule has 102 valence electrons. The minimum absolute atomic E-state index is 0.132. The van der Waals surface area contributed by atoms with Gasteiger partial charge in [-0.05, 0) is 43.4 Å². The van der Waals surface area contributed by atoms with Crippen molar-refractivity contribution < 1.29 is 14.6 Å². The first-order chi connectivity index (χ1) is 9.29. The summed E-state index contributed by atoms with van der Waals surface area (Å²) >= 11 is 0. The Labute approximate surface area is 114 Å². The van der Waals surface area contributed by atoms with Gasteiger partial charge in [0.05, 0.1) is 12.2 Å².